The topological polar surface area (TPSA) is 84.5 Å². The van der Waals surface area contributed by atoms with Crippen molar-refractivity contribution in [2.24, 2.45) is 0 Å². The fraction of sp³-hybridized carbons (Fsp3) is 0.389. The normalized spacial score (nSPS) is 20.7. The van der Waals surface area contributed by atoms with E-state index in [1.54, 1.807) is 24.4 Å². The van der Waals surface area contributed by atoms with Crippen LogP contribution < -0.4 is 4.90 Å². The van der Waals surface area contributed by atoms with Gasteiger partial charge in [-0.05, 0) is 32.0 Å². The highest BCUT2D eigenvalue weighted by Gasteiger charge is 2.29. The molecule has 1 saturated heterocycles. The van der Waals surface area contributed by atoms with Gasteiger partial charge in [0.25, 0.3) is 0 Å². The molecule has 1 N–H and O–H groups in total. The van der Waals surface area contributed by atoms with Crippen LogP contribution in [0.15, 0.2) is 28.9 Å². The Hall–Kier alpha value is -2.58. The van der Waals surface area contributed by atoms with Crippen LogP contribution in [0, 0.1) is 5.82 Å². The van der Waals surface area contributed by atoms with Gasteiger partial charge in [-0.3, -0.25) is 0 Å². The van der Waals surface area contributed by atoms with Gasteiger partial charge in [-0.25, -0.2) is 4.39 Å². The van der Waals surface area contributed by atoms with Crippen LogP contribution in [0.4, 0.5) is 10.1 Å². The molecule has 2 atom stereocenters. The molecule has 1 aliphatic heterocycles. The maximum Gasteiger partial charge on any atom is 0.205 e. The largest absolute Gasteiger partial charge is 0.392 e. The molecule has 1 aliphatic rings. The predicted octanol–water partition coefficient (Wildman–Crippen LogP) is 2.53. The monoisotopic (exact) mass is 358 g/mol. The van der Waals surface area contributed by atoms with Crippen molar-refractivity contribution in [2.75, 3.05) is 18.0 Å². The van der Waals surface area contributed by atoms with Crippen molar-refractivity contribution in [2.45, 2.75) is 32.7 Å². The van der Waals surface area contributed by atoms with Crippen molar-refractivity contribution >= 4 is 16.7 Å². The average Bonchev–Trinajstić information content (AvgIpc) is 3.05. The van der Waals surface area contributed by atoms with Gasteiger partial charge in [0, 0.05) is 24.8 Å². The number of aromatic nitrogens is 3. The number of nitrogens with zero attached hydrogens (tertiary/aromatic N) is 4. The molecule has 136 valence electrons. The molecule has 0 amide bonds. The molecule has 1 fully saturated rings. The molecule has 1 aromatic carbocycles. The summed E-state index contributed by atoms with van der Waals surface area (Å²) >= 11 is 0. The Morgan fingerprint density at radius 1 is 1.31 bits per heavy atom. The molecule has 4 rings (SSSR count). The van der Waals surface area contributed by atoms with Crippen molar-refractivity contribution < 1.29 is 18.8 Å². The third-order valence-electron chi connectivity index (χ3n) is 4.48. The van der Waals surface area contributed by atoms with Gasteiger partial charge in [-0.15, -0.1) is 5.10 Å². The minimum atomic E-state index is -0.532. The molecule has 8 heteroatoms. The lowest BCUT2D eigenvalue weighted by Crippen LogP contribution is -2.46. The van der Waals surface area contributed by atoms with Crippen LogP contribution in [0.25, 0.3) is 22.4 Å². The van der Waals surface area contributed by atoms with Crippen LogP contribution >= 0.6 is 0 Å². The lowest BCUT2D eigenvalue weighted by Gasteiger charge is -2.37. The first-order valence-corrected chi connectivity index (χ1v) is 8.48. The van der Waals surface area contributed by atoms with Crippen molar-refractivity contribution in [1.82, 2.24) is 15.4 Å². The molecule has 0 radical (unpaired) electrons. The van der Waals surface area contributed by atoms with E-state index in [4.69, 9.17) is 9.26 Å². The second-order valence-electron chi connectivity index (χ2n) is 6.54. The minimum absolute atomic E-state index is 0.0368. The summed E-state index contributed by atoms with van der Waals surface area (Å²) in [5.41, 5.74) is 1.74. The van der Waals surface area contributed by atoms with Crippen LogP contribution in [0.5, 0.6) is 0 Å². The first-order valence-electron chi connectivity index (χ1n) is 8.48. The Bertz CT molecular complexity index is 921. The van der Waals surface area contributed by atoms with E-state index < -0.39 is 5.82 Å². The van der Waals surface area contributed by atoms with Gasteiger partial charge < -0.3 is 19.3 Å². The Balaban J connectivity index is 1.86. The molecule has 3 heterocycles. The maximum atomic E-state index is 15.3. The van der Waals surface area contributed by atoms with Gasteiger partial charge >= 0.3 is 0 Å². The SMILES string of the molecule is CC1CN(c2c(CO)cc3c(-c4cccnn4)noc3c2F)CC(C)O1. The zero-order valence-electron chi connectivity index (χ0n) is 14.5. The molecule has 0 aliphatic carbocycles. The van der Waals surface area contributed by atoms with Crippen molar-refractivity contribution in [1.29, 1.82) is 0 Å². The van der Waals surface area contributed by atoms with Crippen LogP contribution in [0.1, 0.15) is 19.4 Å². The van der Waals surface area contributed by atoms with Gasteiger partial charge in [-0.1, -0.05) is 5.16 Å². The quantitative estimate of drug-likeness (QED) is 0.770. The number of hydrogen-bond acceptors (Lipinski definition) is 7. The number of rotatable bonds is 3. The van der Waals surface area contributed by atoms with E-state index in [1.807, 2.05) is 18.7 Å². The lowest BCUT2D eigenvalue weighted by atomic mass is 10.0. The average molecular weight is 358 g/mol. The summed E-state index contributed by atoms with van der Waals surface area (Å²) in [5, 5.41) is 22.1. The summed E-state index contributed by atoms with van der Waals surface area (Å²) in [6.07, 6.45) is 1.47. The lowest BCUT2D eigenvalue weighted by molar-refractivity contribution is -0.00549. The Kier molecular flexibility index (Phi) is 4.29. The highest BCUT2D eigenvalue weighted by Crippen LogP contribution is 2.37. The van der Waals surface area contributed by atoms with Crippen molar-refractivity contribution in [3.63, 3.8) is 0 Å². The molecule has 7 nitrogen and oxygen atoms in total. The van der Waals surface area contributed by atoms with Crippen molar-refractivity contribution in [3.05, 3.63) is 35.8 Å². The van der Waals surface area contributed by atoms with Gasteiger partial charge in [0.2, 0.25) is 5.58 Å². The second-order valence-corrected chi connectivity index (χ2v) is 6.54. The van der Waals surface area contributed by atoms with E-state index >= 15 is 4.39 Å². The number of fused-ring (bicyclic) bond motifs is 1. The molecule has 0 saturated carbocycles. The number of anilines is 1. The molecule has 3 aromatic rings. The van der Waals surface area contributed by atoms with E-state index in [0.29, 0.717) is 41.1 Å². The maximum absolute atomic E-state index is 15.3. The van der Waals surface area contributed by atoms with Crippen molar-refractivity contribution in [3.8, 4) is 11.4 Å². The highest BCUT2D eigenvalue weighted by atomic mass is 19.1. The summed E-state index contributed by atoms with van der Waals surface area (Å²) in [7, 11) is 0. The fourth-order valence-electron chi connectivity index (χ4n) is 3.52. The zero-order valence-corrected chi connectivity index (χ0v) is 14.5. The minimum Gasteiger partial charge on any atom is -0.392 e. The van der Waals surface area contributed by atoms with Crippen LogP contribution in [-0.2, 0) is 11.3 Å². The number of morpholine rings is 1. The molecular weight excluding hydrogens is 339 g/mol. The molecule has 0 spiro atoms. The van der Waals surface area contributed by atoms with Gasteiger partial charge in [0.1, 0.15) is 11.4 Å². The van der Waals surface area contributed by atoms with E-state index in [9.17, 15) is 5.11 Å². The van der Waals surface area contributed by atoms with Gasteiger partial charge in [0.15, 0.2) is 5.82 Å². The third kappa shape index (κ3) is 2.81. The third-order valence-corrected chi connectivity index (χ3v) is 4.48. The molecule has 2 unspecified atom stereocenters. The summed E-state index contributed by atoms with van der Waals surface area (Å²) in [5.74, 6) is -0.532. The standard InChI is InChI=1S/C18H19FN4O3/c1-10-7-23(8-11(2)25-10)17-12(9-24)6-13-16(14-4-3-5-20-21-14)22-26-18(13)15(17)19/h3-6,10-11,24H,7-9H2,1-2H3. The van der Waals surface area contributed by atoms with E-state index in [0.717, 1.165) is 0 Å². The Morgan fingerprint density at radius 2 is 2.08 bits per heavy atom. The van der Waals surface area contributed by atoms with Crippen LogP contribution in [-0.4, -0.2) is 45.8 Å². The molecule has 2 aromatic heterocycles. The number of ether oxygens (including phenoxy) is 1. The smallest absolute Gasteiger partial charge is 0.205 e. The Morgan fingerprint density at radius 3 is 2.73 bits per heavy atom. The van der Waals surface area contributed by atoms with Crippen LogP contribution in [0.3, 0.4) is 0 Å². The van der Waals surface area contributed by atoms with E-state index in [1.165, 1.54) is 0 Å². The summed E-state index contributed by atoms with van der Waals surface area (Å²) in [6, 6.07) is 5.15. The van der Waals surface area contributed by atoms with E-state index in [-0.39, 0.29) is 24.4 Å². The van der Waals surface area contributed by atoms with Crippen LogP contribution in [0.2, 0.25) is 0 Å². The first-order chi connectivity index (χ1) is 12.6. The molecule has 26 heavy (non-hydrogen) atoms. The van der Waals surface area contributed by atoms with Gasteiger partial charge in [0.05, 0.1) is 29.9 Å². The van der Waals surface area contributed by atoms with Gasteiger partial charge in [-0.2, -0.15) is 5.10 Å². The number of aliphatic hydroxyl groups excluding tert-OH is 1. The summed E-state index contributed by atoms with van der Waals surface area (Å²) < 4.78 is 26.3. The first kappa shape index (κ1) is 16.9. The number of halogens is 1. The van der Waals surface area contributed by atoms with E-state index in [2.05, 4.69) is 15.4 Å². The number of aliphatic hydroxyl groups is 1. The number of benzene rings is 1. The Labute approximate surface area is 149 Å². The number of hydrogen-bond donors (Lipinski definition) is 1. The summed E-state index contributed by atoms with van der Waals surface area (Å²) in [6.45, 7) is 4.65. The highest BCUT2D eigenvalue weighted by molar-refractivity contribution is 5.94. The molecular formula is C18H19FN4O3. The predicted molar refractivity (Wildman–Crippen MR) is 93.1 cm³/mol. The summed E-state index contributed by atoms with van der Waals surface area (Å²) in [4.78, 5) is 1.89. The fourth-order valence-corrected chi connectivity index (χ4v) is 3.52. The second kappa shape index (κ2) is 6.62. The zero-order chi connectivity index (χ0) is 18.3. The molecule has 0 bridgehead atoms.